The Morgan fingerprint density at radius 3 is 2.89 bits per heavy atom. The van der Waals surface area contributed by atoms with Crippen molar-refractivity contribution in [1.29, 1.82) is 0 Å². The number of aromatic nitrogens is 1. The van der Waals surface area contributed by atoms with E-state index in [1.807, 2.05) is 17.2 Å². The van der Waals surface area contributed by atoms with Crippen LogP contribution in [0, 0.1) is 12.8 Å². The van der Waals surface area contributed by atoms with Crippen molar-refractivity contribution < 1.29 is 14.3 Å². The highest BCUT2D eigenvalue weighted by Gasteiger charge is 2.31. The third kappa shape index (κ3) is 4.42. The Bertz CT molecular complexity index is 793. The van der Waals surface area contributed by atoms with Gasteiger partial charge in [0.05, 0.1) is 17.8 Å². The molecule has 3 rings (SSSR count). The average Bonchev–Trinajstić information content (AvgIpc) is 3.10. The third-order valence-electron chi connectivity index (χ3n) is 5.07. The second kappa shape index (κ2) is 8.71. The molecule has 0 bridgehead atoms. The number of piperidine rings is 1. The highest BCUT2D eigenvalue weighted by Crippen LogP contribution is 2.31. The third-order valence-corrected chi connectivity index (χ3v) is 5.89. The fourth-order valence-corrected chi connectivity index (χ4v) is 4.17. The van der Waals surface area contributed by atoms with Crippen LogP contribution in [0.3, 0.4) is 0 Å². The fourth-order valence-electron chi connectivity index (χ4n) is 3.57. The number of benzene rings is 1. The normalized spacial score (nSPS) is 19.8. The summed E-state index contributed by atoms with van der Waals surface area (Å²) < 4.78 is 11.3. The minimum Gasteiger partial charge on any atom is -0.493 e. The summed E-state index contributed by atoms with van der Waals surface area (Å²) >= 11 is 1.59. The molecule has 1 fully saturated rings. The largest absolute Gasteiger partial charge is 0.493 e. The van der Waals surface area contributed by atoms with Gasteiger partial charge >= 0.3 is 0 Å². The lowest BCUT2D eigenvalue weighted by atomic mass is 9.90. The minimum absolute atomic E-state index is 0.00280. The van der Waals surface area contributed by atoms with Gasteiger partial charge in [0.25, 0.3) is 5.91 Å². The second-order valence-electron chi connectivity index (χ2n) is 6.93. The Balaban J connectivity index is 1.75. The Morgan fingerprint density at radius 1 is 1.41 bits per heavy atom. The van der Waals surface area contributed by atoms with Crippen LogP contribution in [0.5, 0.6) is 11.5 Å². The van der Waals surface area contributed by atoms with E-state index in [1.165, 1.54) is 0 Å². The number of nitrogens with zero attached hydrogens (tertiary/aromatic N) is 2. The number of aryl methyl sites for hydroxylation is 1. The van der Waals surface area contributed by atoms with Gasteiger partial charge in [-0.3, -0.25) is 4.79 Å². The number of hydrogen-bond donors (Lipinski definition) is 1. The van der Waals surface area contributed by atoms with Crippen LogP contribution in [0.25, 0.3) is 0 Å². The zero-order chi connectivity index (χ0) is 19.4. The van der Waals surface area contributed by atoms with Crippen LogP contribution < -0.4 is 15.2 Å². The Labute approximate surface area is 164 Å². The van der Waals surface area contributed by atoms with Gasteiger partial charge in [0.2, 0.25) is 0 Å². The number of amides is 1. The second-order valence-corrected chi connectivity index (χ2v) is 8.00. The van der Waals surface area contributed by atoms with E-state index in [2.05, 4.69) is 11.9 Å². The number of thiazole rings is 1. The molecule has 2 N–H and O–H groups in total. The van der Waals surface area contributed by atoms with Gasteiger partial charge in [-0.1, -0.05) is 6.92 Å². The number of likely N-dealkylation sites (tertiary alicyclic amines) is 1. The number of carbonyl (C=O) groups excluding carboxylic acids is 1. The SMILES string of the molecule is COc1cc(C(=O)N2CCC[C@@H](C)[C@@H]2CN)ccc1OCc1csc(C)n1. The van der Waals surface area contributed by atoms with Crippen molar-refractivity contribution >= 4 is 17.2 Å². The first-order chi connectivity index (χ1) is 13.0. The van der Waals surface area contributed by atoms with Crippen molar-refractivity contribution in [2.75, 3.05) is 20.2 Å². The van der Waals surface area contributed by atoms with Crippen LogP contribution in [0.2, 0.25) is 0 Å². The monoisotopic (exact) mass is 389 g/mol. The molecule has 146 valence electrons. The molecule has 0 spiro atoms. The van der Waals surface area contributed by atoms with E-state index in [9.17, 15) is 4.79 Å². The molecular weight excluding hydrogens is 362 g/mol. The van der Waals surface area contributed by atoms with Crippen LogP contribution >= 0.6 is 11.3 Å². The summed E-state index contributed by atoms with van der Waals surface area (Å²) in [6, 6.07) is 5.41. The molecular formula is C20H27N3O3S. The summed E-state index contributed by atoms with van der Waals surface area (Å²) in [5, 5.41) is 2.98. The number of rotatable bonds is 6. The molecule has 2 heterocycles. The van der Waals surface area contributed by atoms with Gasteiger partial charge in [-0.15, -0.1) is 11.3 Å². The summed E-state index contributed by atoms with van der Waals surface area (Å²) in [5.41, 5.74) is 7.41. The summed E-state index contributed by atoms with van der Waals surface area (Å²) in [5.74, 6) is 1.56. The zero-order valence-corrected chi connectivity index (χ0v) is 16.9. The summed E-state index contributed by atoms with van der Waals surface area (Å²) in [4.78, 5) is 19.3. The van der Waals surface area contributed by atoms with Crippen LogP contribution in [-0.4, -0.2) is 42.0 Å². The van der Waals surface area contributed by atoms with E-state index in [0.29, 0.717) is 36.1 Å². The molecule has 1 amide bonds. The van der Waals surface area contributed by atoms with E-state index < -0.39 is 0 Å². The molecule has 2 atom stereocenters. The number of nitrogens with two attached hydrogens (primary N) is 1. The van der Waals surface area contributed by atoms with Crippen molar-refractivity contribution in [3.05, 3.63) is 39.8 Å². The maximum atomic E-state index is 13.0. The lowest BCUT2D eigenvalue weighted by Gasteiger charge is -2.39. The van der Waals surface area contributed by atoms with Gasteiger partial charge in [0, 0.05) is 30.1 Å². The van der Waals surface area contributed by atoms with E-state index in [-0.39, 0.29) is 11.9 Å². The smallest absolute Gasteiger partial charge is 0.254 e. The molecule has 1 aliphatic heterocycles. The van der Waals surface area contributed by atoms with E-state index >= 15 is 0 Å². The highest BCUT2D eigenvalue weighted by atomic mass is 32.1. The first-order valence-corrected chi connectivity index (χ1v) is 10.1. The number of hydrogen-bond acceptors (Lipinski definition) is 6. The molecule has 1 aromatic heterocycles. The molecule has 1 saturated heterocycles. The highest BCUT2D eigenvalue weighted by molar-refractivity contribution is 7.09. The van der Waals surface area contributed by atoms with Gasteiger partial charge < -0.3 is 20.1 Å². The number of ether oxygens (including phenoxy) is 2. The first kappa shape index (κ1) is 19.6. The van der Waals surface area contributed by atoms with Gasteiger partial charge in [-0.2, -0.15) is 0 Å². The van der Waals surface area contributed by atoms with E-state index in [0.717, 1.165) is 30.1 Å². The van der Waals surface area contributed by atoms with E-state index in [1.54, 1.807) is 36.6 Å². The average molecular weight is 390 g/mol. The molecule has 1 aliphatic rings. The predicted octanol–water partition coefficient (Wildman–Crippen LogP) is 3.24. The Hall–Kier alpha value is -2.12. The van der Waals surface area contributed by atoms with Crippen LogP contribution in [0.15, 0.2) is 23.6 Å². The van der Waals surface area contributed by atoms with Crippen molar-refractivity contribution in [2.45, 2.75) is 39.3 Å². The maximum Gasteiger partial charge on any atom is 0.254 e. The molecule has 0 saturated carbocycles. The number of methoxy groups -OCH3 is 1. The molecule has 6 nitrogen and oxygen atoms in total. The molecule has 0 aliphatic carbocycles. The van der Waals surface area contributed by atoms with Crippen LogP contribution in [-0.2, 0) is 6.61 Å². The summed E-state index contributed by atoms with van der Waals surface area (Å²) in [6.07, 6.45) is 2.12. The molecule has 1 aromatic carbocycles. The predicted molar refractivity (Wildman–Crippen MR) is 106 cm³/mol. The van der Waals surface area contributed by atoms with Crippen LogP contribution in [0.4, 0.5) is 0 Å². The van der Waals surface area contributed by atoms with Crippen molar-refractivity contribution in [1.82, 2.24) is 9.88 Å². The van der Waals surface area contributed by atoms with Crippen molar-refractivity contribution in [2.24, 2.45) is 11.7 Å². The Morgan fingerprint density at radius 2 is 2.22 bits per heavy atom. The topological polar surface area (TPSA) is 77.7 Å². The summed E-state index contributed by atoms with van der Waals surface area (Å²) in [7, 11) is 1.58. The Kier molecular flexibility index (Phi) is 6.34. The molecule has 0 unspecified atom stereocenters. The maximum absolute atomic E-state index is 13.0. The lowest BCUT2D eigenvalue weighted by molar-refractivity contribution is 0.0532. The molecule has 27 heavy (non-hydrogen) atoms. The molecule has 7 heteroatoms. The van der Waals surface area contributed by atoms with Gasteiger partial charge in [-0.05, 0) is 43.9 Å². The van der Waals surface area contributed by atoms with Gasteiger partial charge in [0.15, 0.2) is 11.5 Å². The minimum atomic E-state index is -0.00280. The van der Waals surface area contributed by atoms with Gasteiger partial charge in [-0.25, -0.2) is 4.98 Å². The molecule has 2 aromatic rings. The van der Waals surface area contributed by atoms with Gasteiger partial charge in [0.1, 0.15) is 6.61 Å². The fraction of sp³-hybridized carbons (Fsp3) is 0.500. The zero-order valence-electron chi connectivity index (χ0n) is 16.1. The van der Waals surface area contributed by atoms with Crippen LogP contribution in [0.1, 0.15) is 40.8 Å². The lowest BCUT2D eigenvalue weighted by Crippen LogP contribution is -2.51. The quantitative estimate of drug-likeness (QED) is 0.821. The first-order valence-electron chi connectivity index (χ1n) is 9.26. The number of carbonyl (C=O) groups is 1. The van der Waals surface area contributed by atoms with Crippen molar-refractivity contribution in [3.63, 3.8) is 0 Å². The summed E-state index contributed by atoms with van der Waals surface area (Å²) in [6.45, 7) is 5.72. The standard InChI is InChI=1S/C20H27N3O3S/c1-13-5-4-8-23(17(13)10-21)20(24)15-6-7-18(19(9-15)25-3)26-11-16-12-27-14(2)22-16/h6-7,9,12-13,17H,4-5,8,10-11,21H2,1-3H3/t13-,17+/m1/s1. The van der Waals surface area contributed by atoms with E-state index in [4.69, 9.17) is 15.2 Å². The molecule has 0 radical (unpaired) electrons. The van der Waals surface area contributed by atoms with Crippen molar-refractivity contribution in [3.8, 4) is 11.5 Å².